The third-order valence-electron chi connectivity index (χ3n) is 4.61. The van der Waals surface area contributed by atoms with Gasteiger partial charge in [-0.2, -0.15) is 4.98 Å². The third kappa shape index (κ3) is 3.22. The van der Waals surface area contributed by atoms with Gasteiger partial charge in [0.15, 0.2) is 5.82 Å². The summed E-state index contributed by atoms with van der Waals surface area (Å²) in [6, 6.07) is 0. The van der Waals surface area contributed by atoms with Crippen LogP contribution in [0.3, 0.4) is 0 Å². The van der Waals surface area contributed by atoms with E-state index in [0.717, 1.165) is 37.5 Å². The summed E-state index contributed by atoms with van der Waals surface area (Å²) in [4.78, 5) is 4.59. The summed E-state index contributed by atoms with van der Waals surface area (Å²) in [5.74, 6) is 2.89. The molecule has 2 atom stereocenters. The zero-order valence-electron chi connectivity index (χ0n) is 13.6. The van der Waals surface area contributed by atoms with Crippen molar-refractivity contribution in [1.29, 1.82) is 0 Å². The van der Waals surface area contributed by atoms with E-state index in [1.54, 1.807) is 0 Å². The highest BCUT2D eigenvalue weighted by atomic mass is 16.5. The molecule has 2 N–H and O–H groups in total. The van der Waals surface area contributed by atoms with Gasteiger partial charge in [0.2, 0.25) is 5.89 Å². The maximum Gasteiger partial charge on any atom is 0.232 e. The molecule has 0 radical (unpaired) electrons. The molecule has 1 aliphatic rings. The monoisotopic (exact) mass is 279 g/mol. The van der Waals surface area contributed by atoms with Gasteiger partial charge in [-0.3, -0.25) is 0 Å². The van der Waals surface area contributed by atoms with Gasteiger partial charge in [-0.1, -0.05) is 52.6 Å². The fourth-order valence-electron chi connectivity index (χ4n) is 3.01. The highest BCUT2D eigenvalue weighted by Crippen LogP contribution is 2.37. The first-order valence-electron chi connectivity index (χ1n) is 7.86. The van der Waals surface area contributed by atoms with E-state index in [2.05, 4.69) is 44.8 Å². The molecular weight excluding hydrogens is 250 g/mol. The second-order valence-electron chi connectivity index (χ2n) is 7.76. The Morgan fingerprint density at radius 2 is 1.95 bits per heavy atom. The largest absolute Gasteiger partial charge is 0.339 e. The first-order chi connectivity index (χ1) is 9.22. The summed E-state index contributed by atoms with van der Waals surface area (Å²) < 4.78 is 5.42. The average molecular weight is 279 g/mol. The molecule has 1 fully saturated rings. The molecule has 4 nitrogen and oxygen atoms in total. The molecule has 0 aliphatic heterocycles. The van der Waals surface area contributed by atoms with Crippen LogP contribution in [0.25, 0.3) is 0 Å². The molecule has 1 aromatic heterocycles. The van der Waals surface area contributed by atoms with Crippen LogP contribution in [0.15, 0.2) is 4.52 Å². The highest BCUT2D eigenvalue weighted by molar-refractivity contribution is 5.08. The number of hydrogen-bond acceptors (Lipinski definition) is 4. The lowest BCUT2D eigenvalue weighted by Gasteiger charge is -2.24. The van der Waals surface area contributed by atoms with Crippen LogP contribution in [-0.4, -0.2) is 10.1 Å². The average Bonchev–Trinajstić information content (AvgIpc) is 2.75. The highest BCUT2D eigenvalue weighted by Gasteiger charge is 2.37. The number of rotatable bonds is 2. The molecule has 20 heavy (non-hydrogen) atoms. The van der Waals surface area contributed by atoms with E-state index in [0.29, 0.717) is 11.7 Å². The smallest absolute Gasteiger partial charge is 0.232 e. The molecule has 0 spiro atoms. The summed E-state index contributed by atoms with van der Waals surface area (Å²) >= 11 is 0. The normalized spacial score (nSPS) is 28.6. The van der Waals surface area contributed by atoms with Crippen LogP contribution in [0.5, 0.6) is 0 Å². The van der Waals surface area contributed by atoms with E-state index in [-0.39, 0.29) is 5.41 Å². The summed E-state index contributed by atoms with van der Waals surface area (Å²) in [6.45, 7) is 10.8. The number of nitrogens with two attached hydrogens (primary N) is 1. The Hall–Kier alpha value is -0.900. The summed E-state index contributed by atoms with van der Waals surface area (Å²) in [5, 5.41) is 4.18. The van der Waals surface area contributed by atoms with Crippen molar-refractivity contribution in [3.63, 3.8) is 0 Å². The van der Waals surface area contributed by atoms with E-state index in [1.807, 2.05) is 0 Å². The van der Waals surface area contributed by atoms with E-state index < -0.39 is 5.54 Å². The predicted octanol–water partition coefficient (Wildman–Crippen LogP) is 3.76. The molecule has 2 unspecified atom stereocenters. The van der Waals surface area contributed by atoms with Crippen molar-refractivity contribution in [2.75, 3.05) is 0 Å². The minimum Gasteiger partial charge on any atom is -0.339 e. The number of nitrogens with zero attached hydrogens (tertiary/aromatic N) is 2. The molecule has 1 heterocycles. The van der Waals surface area contributed by atoms with E-state index in [1.165, 1.54) is 6.42 Å². The predicted molar refractivity (Wildman–Crippen MR) is 80.3 cm³/mol. The Morgan fingerprint density at radius 1 is 1.25 bits per heavy atom. The molecule has 0 amide bonds. The van der Waals surface area contributed by atoms with Crippen LogP contribution in [0.4, 0.5) is 0 Å². The van der Waals surface area contributed by atoms with Crippen molar-refractivity contribution in [2.24, 2.45) is 17.6 Å². The van der Waals surface area contributed by atoms with Gasteiger partial charge < -0.3 is 10.3 Å². The quantitative estimate of drug-likeness (QED) is 0.837. The van der Waals surface area contributed by atoms with Crippen molar-refractivity contribution in [1.82, 2.24) is 10.1 Å². The van der Waals surface area contributed by atoms with Crippen molar-refractivity contribution in [2.45, 2.75) is 77.7 Å². The van der Waals surface area contributed by atoms with Gasteiger partial charge in [0.25, 0.3) is 0 Å². The molecule has 0 bridgehead atoms. The van der Waals surface area contributed by atoms with E-state index in [4.69, 9.17) is 10.3 Å². The van der Waals surface area contributed by atoms with Crippen molar-refractivity contribution in [3.05, 3.63) is 11.7 Å². The SMILES string of the molecule is CC(C)C1CCCC(N)(c2noc(C(C)(C)C)n2)CC1. The Bertz CT molecular complexity index is 447. The standard InChI is InChI=1S/C16H29N3O/c1-11(2)12-7-6-9-16(17,10-8-12)13-18-14(20-19-13)15(3,4)5/h11-12H,6-10,17H2,1-5H3. The van der Waals surface area contributed by atoms with Gasteiger partial charge in [0, 0.05) is 5.41 Å². The minimum absolute atomic E-state index is 0.118. The second kappa shape index (κ2) is 5.47. The maximum atomic E-state index is 6.61. The van der Waals surface area contributed by atoms with Gasteiger partial charge in [-0.05, 0) is 31.1 Å². The molecule has 0 aromatic carbocycles. The van der Waals surface area contributed by atoms with Crippen LogP contribution in [0, 0.1) is 11.8 Å². The molecule has 4 heteroatoms. The lowest BCUT2D eigenvalue weighted by Crippen LogP contribution is -2.37. The Morgan fingerprint density at radius 3 is 2.50 bits per heavy atom. The van der Waals surface area contributed by atoms with Crippen LogP contribution < -0.4 is 5.73 Å². The van der Waals surface area contributed by atoms with E-state index >= 15 is 0 Å². The van der Waals surface area contributed by atoms with Gasteiger partial charge >= 0.3 is 0 Å². The topological polar surface area (TPSA) is 64.9 Å². The van der Waals surface area contributed by atoms with Crippen LogP contribution in [-0.2, 0) is 11.0 Å². The zero-order valence-corrected chi connectivity index (χ0v) is 13.6. The molecule has 0 saturated heterocycles. The Kier molecular flexibility index (Phi) is 4.24. The number of aromatic nitrogens is 2. The van der Waals surface area contributed by atoms with Crippen LogP contribution >= 0.6 is 0 Å². The summed E-state index contributed by atoms with van der Waals surface area (Å²) in [5.41, 5.74) is 6.09. The Labute approximate surface area is 122 Å². The van der Waals surface area contributed by atoms with Crippen molar-refractivity contribution >= 4 is 0 Å². The Balaban J connectivity index is 2.16. The minimum atomic E-state index is -0.406. The molecule has 1 aromatic rings. The van der Waals surface area contributed by atoms with E-state index in [9.17, 15) is 0 Å². The van der Waals surface area contributed by atoms with Crippen LogP contribution in [0.2, 0.25) is 0 Å². The number of hydrogen-bond donors (Lipinski definition) is 1. The lowest BCUT2D eigenvalue weighted by atomic mass is 9.86. The van der Waals surface area contributed by atoms with Gasteiger partial charge in [0.05, 0.1) is 5.54 Å². The zero-order chi connectivity index (χ0) is 15.0. The third-order valence-corrected chi connectivity index (χ3v) is 4.61. The first-order valence-corrected chi connectivity index (χ1v) is 7.86. The van der Waals surface area contributed by atoms with Gasteiger partial charge in [-0.25, -0.2) is 0 Å². The molecule has 2 rings (SSSR count). The maximum absolute atomic E-state index is 6.61. The van der Waals surface area contributed by atoms with Crippen molar-refractivity contribution in [3.8, 4) is 0 Å². The molecular formula is C16H29N3O. The van der Waals surface area contributed by atoms with Gasteiger partial charge in [-0.15, -0.1) is 0 Å². The first kappa shape index (κ1) is 15.5. The molecule has 1 saturated carbocycles. The second-order valence-corrected chi connectivity index (χ2v) is 7.76. The lowest BCUT2D eigenvalue weighted by molar-refractivity contribution is 0.294. The fraction of sp³-hybridized carbons (Fsp3) is 0.875. The molecule has 1 aliphatic carbocycles. The molecule has 114 valence electrons. The summed E-state index contributed by atoms with van der Waals surface area (Å²) in [7, 11) is 0. The summed E-state index contributed by atoms with van der Waals surface area (Å²) in [6.07, 6.45) is 5.49. The van der Waals surface area contributed by atoms with Gasteiger partial charge in [0.1, 0.15) is 0 Å². The fourth-order valence-corrected chi connectivity index (χ4v) is 3.01. The van der Waals surface area contributed by atoms with Crippen LogP contribution in [0.1, 0.15) is 78.4 Å². The van der Waals surface area contributed by atoms with Crippen molar-refractivity contribution < 1.29 is 4.52 Å².